The highest BCUT2D eigenvalue weighted by molar-refractivity contribution is 6.33. The van der Waals surface area contributed by atoms with Crippen molar-refractivity contribution in [1.29, 1.82) is 0 Å². The molecule has 0 amide bonds. The summed E-state index contributed by atoms with van der Waals surface area (Å²) >= 11 is 5.95. The van der Waals surface area contributed by atoms with Crippen LogP contribution in [0.2, 0.25) is 5.02 Å². The maximum Gasteiger partial charge on any atom is 0.145 e. The summed E-state index contributed by atoms with van der Waals surface area (Å²) < 4.78 is 5.47. The fraction of sp³-hybridized carbons (Fsp3) is 0.364. The molecule has 15 heavy (non-hydrogen) atoms. The Morgan fingerprint density at radius 1 is 1.73 bits per heavy atom. The van der Waals surface area contributed by atoms with Crippen LogP contribution in [0.1, 0.15) is 18.1 Å². The number of phenolic OH excluding ortho intramolecular Hbond substituents is 1. The molecular formula is C11H11ClO3. The molecule has 1 aliphatic rings. The number of hydrogen-bond donors (Lipinski definition) is 1. The second-order valence-electron chi connectivity index (χ2n) is 3.69. The lowest BCUT2D eigenvalue weighted by Gasteiger charge is -2.08. The fourth-order valence-corrected chi connectivity index (χ4v) is 2.10. The second kappa shape index (κ2) is 3.74. The lowest BCUT2D eigenvalue weighted by molar-refractivity contribution is -0.107. The van der Waals surface area contributed by atoms with E-state index in [-0.39, 0.29) is 23.3 Å². The first-order chi connectivity index (χ1) is 7.13. The molecule has 0 aliphatic carbocycles. The third-order valence-electron chi connectivity index (χ3n) is 2.48. The molecule has 2 rings (SSSR count). The third-order valence-corrected chi connectivity index (χ3v) is 2.83. The molecule has 0 fully saturated rings. The average molecular weight is 227 g/mol. The van der Waals surface area contributed by atoms with Gasteiger partial charge < -0.3 is 14.6 Å². The van der Waals surface area contributed by atoms with E-state index >= 15 is 0 Å². The lowest BCUT2D eigenvalue weighted by atomic mass is 10.0. The van der Waals surface area contributed by atoms with E-state index in [2.05, 4.69) is 0 Å². The van der Waals surface area contributed by atoms with E-state index in [9.17, 15) is 9.90 Å². The maximum absolute atomic E-state index is 10.4. The van der Waals surface area contributed by atoms with Crippen LogP contribution < -0.4 is 4.74 Å². The summed E-state index contributed by atoms with van der Waals surface area (Å²) in [6, 6.07) is 1.79. The minimum absolute atomic E-state index is 0.0448. The number of ether oxygens (including phenoxy) is 1. The Hall–Kier alpha value is -1.22. The van der Waals surface area contributed by atoms with Crippen LogP contribution in [0, 0.1) is 0 Å². The van der Waals surface area contributed by atoms with Crippen LogP contribution >= 0.6 is 11.6 Å². The van der Waals surface area contributed by atoms with Crippen LogP contribution in [0.4, 0.5) is 0 Å². The molecule has 1 aromatic rings. The van der Waals surface area contributed by atoms with E-state index in [1.54, 1.807) is 6.07 Å². The summed E-state index contributed by atoms with van der Waals surface area (Å²) in [6.45, 7) is 1.94. The summed E-state index contributed by atoms with van der Waals surface area (Å²) in [6.07, 6.45) is 1.76. The summed E-state index contributed by atoms with van der Waals surface area (Å²) in [5.74, 6) is 0.507. The molecule has 1 N–H and O–H groups in total. The monoisotopic (exact) mass is 226 g/mol. The maximum atomic E-state index is 10.4. The van der Waals surface area contributed by atoms with Gasteiger partial charge >= 0.3 is 0 Å². The molecule has 0 spiro atoms. The van der Waals surface area contributed by atoms with Gasteiger partial charge in [0.25, 0.3) is 0 Å². The predicted molar refractivity (Wildman–Crippen MR) is 56.7 cm³/mol. The van der Waals surface area contributed by atoms with Crippen LogP contribution in [0.15, 0.2) is 6.07 Å². The zero-order chi connectivity index (χ0) is 11.0. The van der Waals surface area contributed by atoms with Crippen LogP contribution in [0.25, 0.3) is 0 Å². The van der Waals surface area contributed by atoms with Gasteiger partial charge in [-0.3, -0.25) is 0 Å². The summed E-state index contributed by atoms with van der Waals surface area (Å²) in [4.78, 5) is 10.4. The SMILES string of the molecule is CC1Cc2cc(CC=O)c(O)c(Cl)c2O1. The smallest absolute Gasteiger partial charge is 0.145 e. The number of carbonyl (C=O) groups excluding carboxylic acids is 1. The molecule has 80 valence electrons. The van der Waals surface area contributed by atoms with Gasteiger partial charge in [-0.15, -0.1) is 0 Å². The number of aromatic hydroxyl groups is 1. The van der Waals surface area contributed by atoms with Crippen molar-refractivity contribution in [2.45, 2.75) is 25.9 Å². The van der Waals surface area contributed by atoms with E-state index in [1.165, 1.54) is 0 Å². The van der Waals surface area contributed by atoms with Crippen molar-refractivity contribution in [2.24, 2.45) is 0 Å². The summed E-state index contributed by atoms with van der Waals surface area (Å²) in [7, 11) is 0. The molecule has 1 heterocycles. The zero-order valence-corrected chi connectivity index (χ0v) is 9.04. The minimum Gasteiger partial charge on any atom is -0.506 e. The molecule has 4 heteroatoms. The number of rotatable bonds is 2. The number of fused-ring (bicyclic) bond motifs is 1. The summed E-state index contributed by atoms with van der Waals surface area (Å²) in [5.41, 5.74) is 1.52. The van der Waals surface area contributed by atoms with E-state index in [0.29, 0.717) is 11.3 Å². The fourth-order valence-electron chi connectivity index (χ4n) is 1.81. The highest BCUT2D eigenvalue weighted by Crippen LogP contribution is 2.43. The number of benzene rings is 1. The molecule has 3 nitrogen and oxygen atoms in total. The Morgan fingerprint density at radius 2 is 2.47 bits per heavy atom. The van der Waals surface area contributed by atoms with Gasteiger partial charge in [-0.1, -0.05) is 11.6 Å². The normalized spacial score (nSPS) is 18.4. The highest BCUT2D eigenvalue weighted by atomic mass is 35.5. The van der Waals surface area contributed by atoms with Crippen molar-refractivity contribution in [3.05, 3.63) is 22.2 Å². The van der Waals surface area contributed by atoms with Crippen LogP contribution in [0.3, 0.4) is 0 Å². The molecule has 1 aromatic carbocycles. The molecule has 1 atom stereocenters. The molecule has 0 radical (unpaired) electrons. The quantitative estimate of drug-likeness (QED) is 0.786. The molecule has 0 saturated heterocycles. The Morgan fingerprint density at radius 3 is 3.13 bits per heavy atom. The first-order valence-corrected chi connectivity index (χ1v) is 5.14. The molecule has 1 unspecified atom stereocenters. The van der Waals surface area contributed by atoms with E-state index in [4.69, 9.17) is 16.3 Å². The number of hydrogen-bond acceptors (Lipinski definition) is 3. The largest absolute Gasteiger partial charge is 0.506 e. The van der Waals surface area contributed by atoms with Gasteiger partial charge in [0.1, 0.15) is 28.9 Å². The second-order valence-corrected chi connectivity index (χ2v) is 4.07. The molecule has 0 bridgehead atoms. The van der Waals surface area contributed by atoms with Gasteiger partial charge in [-0.2, -0.15) is 0 Å². The number of aldehydes is 1. The van der Waals surface area contributed by atoms with Crippen LogP contribution in [0.5, 0.6) is 11.5 Å². The molecular weight excluding hydrogens is 216 g/mol. The van der Waals surface area contributed by atoms with Crippen molar-refractivity contribution in [2.75, 3.05) is 0 Å². The molecule has 1 aliphatic heterocycles. The number of halogens is 1. The number of phenols is 1. The van der Waals surface area contributed by atoms with Crippen molar-refractivity contribution in [3.63, 3.8) is 0 Å². The Balaban J connectivity index is 2.51. The van der Waals surface area contributed by atoms with Gasteiger partial charge in [0.05, 0.1) is 0 Å². The standard InChI is InChI=1S/C11H11ClO3/c1-6-4-8-5-7(2-3-13)10(14)9(12)11(8)15-6/h3,5-6,14H,2,4H2,1H3. The van der Waals surface area contributed by atoms with Crippen molar-refractivity contribution >= 4 is 17.9 Å². The summed E-state index contributed by atoms with van der Waals surface area (Å²) in [5, 5.41) is 9.92. The van der Waals surface area contributed by atoms with E-state index in [0.717, 1.165) is 18.3 Å². The van der Waals surface area contributed by atoms with Gasteiger partial charge in [-0.25, -0.2) is 0 Å². The topological polar surface area (TPSA) is 46.5 Å². The molecule has 0 saturated carbocycles. The third kappa shape index (κ3) is 1.67. The Bertz CT molecular complexity index is 415. The van der Waals surface area contributed by atoms with Crippen molar-refractivity contribution < 1.29 is 14.6 Å². The van der Waals surface area contributed by atoms with Crippen molar-refractivity contribution in [1.82, 2.24) is 0 Å². The first-order valence-electron chi connectivity index (χ1n) is 4.77. The highest BCUT2D eigenvalue weighted by Gasteiger charge is 2.25. The van der Waals surface area contributed by atoms with Gasteiger partial charge in [-0.05, 0) is 18.6 Å². The van der Waals surface area contributed by atoms with Crippen LogP contribution in [-0.4, -0.2) is 17.5 Å². The first kappa shape index (κ1) is 10.3. The van der Waals surface area contributed by atoms with Gasteiger partial charge in [0.15, 0.2) is 0 Å². The number of carbonyl (C=O) groups is 1. The van der Waals surface area contributed by atoms with E-state index < -0.39 is 0 Å². The van der Waals surface area contributed by atoms with Gasteiger partial charge in [0, 0.05) is 18.4 Å². The van der Waals surface area contributed by atoms with Gasteiger partial charge in [0.2, 0.25) is 0 Å². The Labute approximate surface area is 92.6 Å². The molecule has 0 aromatic heterocycles. The average Bonchev–Trinajstić information content (AvgIpc) is 2.56. The van der Waals surface area contributed by atoms with E-state index in [1.807, 2.05) is 6.92 Å². The van der Waals surface area contributed by atoms with Crippen molar-refractivity contribution in [3.8, 4) is 11.5 Å². The predicted octanol–water partition coefficient (Wildman–Crippen LogP) is 2.11. The van der Waals surface area contributed by atoms with Crippen LogP contribution in [-0.2, 0) is 17.6 Å². The minimum atomic E-state index is -0.0448. The lowest BCUT2D eigenvalue weighted by Crippen LogP contribution is -2.05. The Kier molecular flexibility index (Phi) is 2.57. The zero-order valence-electron chi connectivity index (χ0n) is 8.29.